The predicted octanol–water partition coefficient (Wildman–Crippen LogP) is 2.10. The fourth-order valence-corrected chi connectivity index (χ4v) is 0.988. The van der Waals surface area contributed by atoms with Crippen LogP contribution in [0.3, 0.4) is 0 Å². The van der Waals surface area contributed by atoms with E-state index in [-0.39, 0.29) is 0 Å². The van der Waals surface area contributed by atoms with Crippen LogP contribution in [-0.4, -0.2) is 18.7 Å². The SMILES string of the molecule is CCC(C)[C@@H](C)CN(C)[O-]. The highest BCUT2D eigenvalue weighted by atomic mass is 16.5. The van der Waals surface area contributed by atoms with Crippen molar-refractivity contribution < 1.29 is 0 Å². The van der Waals surface area contributed by atoms with Gasteiger partial charge in [0.25, 0.3) is 0 Å². The predicted molar refractivity (Wildman–Crippen MR) is 44.6 cm³/mol. The molecule has 1 unspecified atom stereocenters. The van der Waals surface area contributed by atoms with Gasteiger partial charge in [-0.15, -0.1) is 0 Å². The molecule has 10 heavy (non-hydrogen) atoms. The molecule has 0 heterocycles. The van der Waals surface area contributed by atoms with Crippen LogP contribution >= 0.6 is 0 Å². The number of hydrogen-bond donors (Lipinski definition) is 0. The third kappa shape index (κ3) is 3.85. The van der Waals surface area contributed by atoms with Gasteiger partial charge in [0.2, 0.25) is 0 Å². The molecular weight excluding hydrogens is 126 g/mol. The van der Waals surface area contributed by atoms with Crippen LogP contribution in [0, 0.1) is 17.0 Å². The molecule has 0 bridgehead atoms. The Bertz CT molecular complexity index is 83.3. The number of rotatable bonds is 4. The summed E-state index contributed by atoms with van der Waals surface area (Å²) in [5, 5.41) is 11.6. The van der Waals surface area contributed by atoms with Crippen molar-refractivity contribution in [3.63, 3.8) is 0 Å². The summed E-state index contributed by atoms with van der Waals surface area (Å²) in [5.41, 5.74) is 0. The monoisotopic (exact) mass is 144 g/mol. The zero-order valence-electron chi connectivity index (χ0n) is 7.42. The molecule has 0 rings (SSSR count). The summed E-state index contributed by atoms with van der Waals surface area (Å²) in [6, 6.07) is 0. The lowest BCUT2D eigenvalue weighted by atomic mass is 9.94. The lowest BCUT2D eigenvalue weighted by Gasteiger charge is -2.28. The second-order valence-electron chi connectivity index (χ2n) is 3.17. The Hall–Kier alpha value is -0.0800. The lowest BCUT2D eigenvalue weighted by molar-refractivity contribution is 0.290. The van der Waals surface area contributed by atoms with Crippen molar-refractivity contribution in [1.82, 2.24) is 5.06 Å². The molecule has 0 aliphatic carbocycles. The Balaban J connectivity index is 3.50. The van der Waals surface area contributed by atoms with Gasteiger partial charge in [0, 0.05) is 0 Å². The Morgan fingerprint density at radius 3 is 2.10 bits per heavy atom. The molecule has 2 heteroatoms. The smallest absolute Gasteiger partial charge is 0.0118 e. The highest BCUT2D eigenvalue weighted by Gasteiger charge is 2.08. The maximum atomic E-state index is 10.6. The van der Waals surface area contributed by atoms with E-state index in [1.807, 2.05) is 0 Å². The molecule has 0 aliphatic rings. The fourth-order valence-electron chi connectivity index (χ4n) is 0.988. The van der Waals surface area contributed by atoms with Crippen LogP contribution in [0.2, 0.25) is 0 Å². The van der Waals surface area contributed by atoms with Crippen LogP contribution in [-0.2, 0) is 0 Å². The van der Waals surface area contributed by atoms with Gasteiger partial charge >= 0.3 is 0 Å². The Morgan fingerprint density at radius 2 is 1.80 bits per heavy atom. The largest absolute Gasteiger partial charge is 0.785 e. The van der Waals surface area contributed by atoms with E-state index in [0.29, 0.717) is 18.4 Å². The van der Waals surface area contributed by atoms with E-state index < -0.39 is 0 Å². The van der Waals surface area contributed by atoms with Gasteiger partial charge in [-0.05, 0) is 25.4 Å². The summed E-state index contributed by atoms with van der Waals surface area (Å²) in [7, 11) is 1.58. The Labute approximate surface area is 63.8 Å². The molecule has 0 aromatic carbocycles. The van der Waals surface area contributed by atoms with E-state index in [1.54, 1.807) is 7.05 Å². The van der Waals surface area contributed by atoms with Gasteiger partial charge in [-0.1, -0.05) is 27.2 Å². The second-order valence-corrected chi connectivity index (χ2v) is 3.17. The molecule has 62 valence electrons. The molecule has 0 amide bonds. The normalized spacial score (nSPS) is 17.4. The Kier molecular flexibility index (Phi) is 4.65. The molecule has 0 saturated heterocycles. The molecular formula is C8H18NO-. The molecule has 0 aromatic heterocycles. The van der Waals surface area contributed by atoms with Gasteiger partial charge < -0.3 is 10.3 Å². The van der Waals surface area contributed by atoms with Gasteiger partial charge in [-0.3, -0.25) is 0 Å². The van der Waals surface area contributed by atoms with Crippen molar-refractivity contribution in [1.29, 1.82) is 0 Å². The van der Waals surface area contributed by atoms with Crippen molar-refractivity contribution in [2.45, 2.75) is 27.2 Å². The average molecular weight is 144 g/mol. The average Bonchev–Trinajstić information content (AvgIpc) is 1.85. The first-order valence-corrected chi connectivity index (χ1v) is 3.96. The molecule has 2 nitrogen and oxygen atoms in total. The fraction of sp³-hybridized carbons (Fsp3) is 1.00. The van der Waals surface area contributed by atoms with Crippen molar-refractivity contribution in [3.8, 4) is 0 Å². The summed E-state index contributed by atoms with van der Waals surface area (Å²) >= 11 is 0. The standard InChI is InChI=1S/C8H18NO/c1-5-7(2)8(3)6-9(4)10/h7-8H,5-6H2,1-4H3/q-1/t7?,8-/m0/s1. The van der Waals surface area contributed by atoms with Gasteiger partial charge in [-0.25, -0.2) is 0 Å². The van der Waals surface area contributed by atoms with E-state index in [2.05, 4.69) is 20.8 Å². The second kappa shape index (κ2) is 4.69. The molecule has 0 saturated carbocycles. The molecule has 0 N–H and O–H groups in total. The minimum atomic E-state index is 0.521. The van der Waals surface area contributed by atoms with Crippen molar-refractivity contribution in [2.24, 2.45) is 11.8 Å². The zero-order valence-corrected chi connectivity index (χ0v) is 7.42. The zero-order chi connectivity index (χ0) is 8.15. The van der Waals surface area contributed by atoms with E-state index in [4.69, 9.17) is 0 Å². The maximum absolute atomic E-state index is 10.6. The molecule has 0 aliphatic heterocycles. The van der Waals surface area contributed by atoms with Crippen molar-refractivity contribution in [3.05, 3.63) is 5.21 Å². The van der Waals surface area contributed by atoms with E-state index in [9.17, 15) is 5.21 Å². The summed E-state index contributed by atoms with van der Waals surface area (Å²) in [6.45, 7) is 7.14. The van der Waals surface area contributed by atoms with Gasteiger partial charge in [0.1, 0.15) is 0 Å². The summed E-state index contributed by atoms with van der Waals surface area (Å²) in [4.78, 5) is 0. The van der Waals surface area contributed by atoms with Gasteiger partial charge in [0.15, 0.2) is 0 Å². The number of hydroxylamine groups is 2. The first kappa shape index (κ1) is 9.92. The van der Waals surface area contributed by atoms with Crippen LogP contribution in [0.1, 0.15) is 27.2 Å². The molecule has 0 radical (unpaired) electrons. The maximum Gasteiger partial charge on any atom is -0.0118 e. The minimum absolute atomic E-state index is 0.521. The first-order chi connectivity index (χ1) is 4.57. The summed E-state index contributed by atoms with van der Waals surface area (Å²) in [6.07, 6.45) is 1.16. The minimum Gasteiger partial charge on any atom is -0.785 e. The molecule has 0 spiro atoms. The third-order valence-electron chi connectivity index (χ3n) is 2.16. The van der Waals surface area contributed by atoms with Crippen LogP contribution < -0.4 is 0 Å². The van der Waals surface area contributed by atoms with Crippen LogP contribution in [0.4, 0.5) is 0 Å². The molecule has 0 aromatic rings. The van der Waals surface area contributed by atoms with Crippen LogP contribution in [0.15, 0.2) is 0 Å². The first-order valence-electron chi connectivity index (χ1n) is 3.96. The summed E-state index contributed by atoms with van der Waals surface area (Å²) in [5.74, 6) is 1.18. The van der Waals surface area contributed by atoms with Crippen LogP contribution in [0.5, 0.6) is 0 Å². The highest BCUT2D eigenvalue weighted by Crippen LogP contribution is 2.14. The van der Waals surface area contributed by atoms with Crippen molar-refractivity contribution in [2.75, 3.05) is 13.6 Å². The number of hydrogen-bond acceptors (Lipinski definition) is 2. The Morgan fingerprint density at radius 1 is 1.30 bits per heavy atom. The van der Waals surface area contributed by atoms with Gasteiger partial charge in [-0.2, -0.15) is 0 Å². The van der Waals surface area contributed by atoms with E-state index >= 15 is 0 Å². The molecule has 2 atom stereocenters. The van der Waals surface area contributed by atoms with Crippen molar-refractivity contribution >= 4 is 0 Å². The topological polar surface area (TPSA) is 26.3 Å². The third-order valence-corrected chi connectivity index (χ3v) is 2.16. The quantitative estimate of drug-likeness (QED) is 0.565. The highest BCUT2D eigenvalue weighted by molar-refractivity contribution is 4.64. The van der Waals surface area contributed by atoms with E-state index in [1.165, 1.54) is 0 Å². The summed E-state index contributed by atoms with van der Waals surface area (Å²) < 4.78 is 0. The van der Waals surface area contributed by atoms with E-state index in [0.717, 1.165) is 11.5 Å². The van der Waals surface area contributed by atoms with Crippen LogP contribution in [0.25, 0.3) is 0 Å². The molecule has 0 fully saturated rings. The van der Waals surface area contributed by atoms with Gasteiger partial charge in [0.05, 0.1) is 0 Å². The number of nitrogens with zero attached hydrogens (tertiary/aromatic N) is 1. The lowest BCUT2D eigenvalue weighted by Crippen LogP contribution is -2.22.